The van der Waals surface area contributed by atoms with Gasteiger partial charge in [0.05, 0.1) is 4.90 Å². The fourth-order valence-corrected chi connectivity index (χ4v) is 5.16. The van der Waals surface area contributed by atoms with Gasteiger partial charge >= 0.3 is 0 Å². The molecule has 0 saturated carbocycles. The van der Waals surface area contributed by atoms with Crippen LogP contribution in [0.2, 0.25) is 0 Å². The third-order valence-corrected chi connectivity index (χ3v) is 6.67. The number of nitrogens with zero attached hydrogens (tertiary/aromatic N) is 1. The second kappa shape index (κ2) is 5.91. The molecule has 4 nitrogen and oxygen atoms in total. The van der Waals surface area contributed by atoms with Gasteiger partial charge in [0.2, 0.25) is 10.0 Å². The third kappa shape index (κ3) is 3.02. The van der Waals surface area contributed by atoms with Gasteiger partial charge in [-0.1, -0.05) is 12.1 Å². The molecule has 0 aromatic heterocycles. The highest BCUT2D eigenvalue weighted by Gasteiger charge is 2.35. The van der Waals surface area contributed by atoms with Crippen molar-refractivity contribution in [2.24, 2.45) is 11.7 Å². The Labute approximate surface area is 123 Å². The summed E-state index contributed by atoms with van der Waals surface area (Å²) >= 11 is 3.32. The first-order chi connectivity index (χ1) is 8.96. The molecule has 1 aromatic rings. The van der Waals surface area contributed by atoms with Crippen molar-refractivity contribution in [3.8, 4) is 0 Å². The van der Waals surface area contributed by atoms with E-state index in [9.17, 15) is 8.42 Å². The zero-order valence-corrected chi connectivity index (χ0v) is 13.3. The van der Waals surface area contributed by atoms with Crippen LogP contribution in [0.15, 0.2) is 33.6 Å². The molecule has 106 valence electrons. The number of nitrogens with two attached hydrogens (primary N) is 1. The highest BCUT2D eigenvalue weighted by Crippen LogP contribution is 2.30. The van der Waals surface area contributed by atoms with Gasteiger partial charge in [0, 0.05) is 17.1 Å². The molecule has 1 saturated heterocycles. The van der Waals surface area contributed by atoms with Crippen LogP contribution in [0.25, 0.3) is 0 Å². The van der Waals surface area contributed by atoms with Crippen LogP contribution < -0.4 is 5.73 Å². The van der Waals surface area contributed by atoms with Gasteiger partial charge in [-0.15, -0.1) is 0 Å². The zero-order chi connectivity index (χ0) is 14.0. The van der Waals surface area contributed by atoms with Crippen LogP contribution in [0.5, 0.6) is 0 Å². The number of benzene rings is 1. The molecule has 0 amide bonds. The Morgan fingerprint density at radius 2 is 2.05 bits per heavy atom. The quantitative estimate of drug-likeness (QED) is 0.912. The Morgan fingerprint density at radius 3 is 2.68 bits per heavy atom. The smallest absolute Gasteiger partial charge is 0.244 e. The maximum atomic E-state index is 12.7. The Hall–Kier alpha value is -0.430. The molecular weight excluding hydrogens is 328 g/mol. The molecule has 0 spiro atoms. The second-order valence-corrected chi connectivity index (χ2v) is 7.75. The summed E-state index contributed by atoms with van der Waals surface area (Å²) in [4.78, 5) is 0.333. The summed E-state index contributed by atoms with van der Waals surface area (Å²) in [5.74, 6) is 0.258. The lowest BCUT2D eigenvalue weighted by Gasteiger charge is -2.36. The molecule has 2 unspecified atom stereocenters. The Balaban J connectivity index is 2.36. The lowest BCUT2D eigenvalue weighted by molar-refractivity contribution is 0.211. The number of hydrogen-bond acceptors (Lipinski definition) is 3. The molecule has 0 radical (unpaired) electrons. The summed E-state index contributed by atoms with van der Waals surface area (Å²) in [6.45, 7) is 3.01. The van der Waals surface area contributed by atoms with Crippen LogP contribution in [0.4, 0.5) is 0 Å². The van der Waals surface area contributed by atoms with Gasteiger partial charge in [-0.2, -0.15) is 4.31 Å². The van der Waals surface area contributed by atoms with E-state index >= 15 is 0 Å². The van der Waals surface area contributed by atoms with E-state index in [1.54, 1.807) is 22.5 Å². The maximum absolute atomic E-state index is 12.7. The van der Waals surface area contributed by atoms with E-state index in [-0.39, 0.29) is 12.0 Å². The molecule has 19 heavy (non-hydrogen) atoms. The molecule has 1 aliphatic rings. The number of piperidine rings is 1. The monoisotopic (exact) mass is 346 g/mol. The molecule has 1 fully saturated rings. The molecule has 1 heterocycles. The first kappa shape index (κ1) is 15.0. The molecule has 2 N–H and O–H groups in total. The van der Waals surface area contributed by atoms with Gasteiger partial charge in [0.25, 0.3) is 0 Å². The topological polar surface area (TPSA) is 63.4 Å². The van der Waals surface area contributed by atoms with E-state index in [1.165, 1.54) is 0 Å². The van der Waals surface area contributed by atoms with Crippen LogP contribution >= 0.6 is 15.9 Å². The highest BCUT2D eigenvalue weighted by molar-refractivity contribution is 9.10. The standard InChI is InChI=1S/C13H19BrN2O2S/c1-10-6-7-11(8-15)9-16(10)19(17,18)13-5-3-2-4-12(13)14/h2-5,10-11H,6-9,15H2,1H3. The molecule has 6 heteroatoms. The molecule has 0 bridgehead atoms. The minimum absolute atomic E-state index is 0.0277. The van der Waals surface area contributed by atoms with Crippen molar-refractivity contribution in [1.29, 1.82) is 0 Å². The van der Waals surface area contributed by atoms with E-state index < -0.39 is 10.0 Å². The van der Waals surface area contributed by atoms with Crippen molar-refractivity contribution in [1.82, 2.24) is 4.31 Å². The molecule has 1 aliphatic heterocycles. The number of hydrogen-bond donors (Lipinski definition) is 1. The first-order valence-corrected chi connectivity index (χ1v) is 8.66. The number of halogens is 1. The molecule has 2 atom stereocenters. The van der Waals surface area contributed by atoms with Crippen molar-refractivity contribution in [3.05, 3.63) is 28.7 Å². The SMILES string of the molecule is CC1CCC(CN)CN1S(=O)(=O)c1ccccc1Br. The van der Waals surface area contributed by atoms with Crippen molar-refractivity contribution in [2.75, 3.05) is 13.1 Å². The minimum Gasteiger partial charge on any atom is -0.330 e. The van der Waals surface area contributed by atoms with Gasteiger partial charge in [-0.3, -0.25) is 0 Å². The molecule has 1 aromatic carbocycles. The second-order valence-electron chi connectivity index (χ2n) is 5.03. The lowest BCUT2D eigenvalue weighted by atomic mass is 9.96. The third-order valence-electron chi connectivity index (χ3n) is 3.68. The zero-order valence-electron chi connectivity index (χ0n) is 10.9. The number of rotatable bonds is 3. The summed E-state index contributed by atoms with van der Waals surface area (Å²) in [6.07, 6.45) is 1.87. The average molecular weight is 347 g/mol. The van der Waals surface area contributed by atoms with Crippen LogP contribution in [-0.2, 0) is 10.0 Å². The van der Waals surface area contributed by atoms with Gasteiger partial charge in [0.1, 0.15) is 0 Å². The molecule has 2 rings (SSSR count). The maximum Gasteiger partial charge on any atom is 0.244 e. The van der Waals surface area contributed by atoms with Gasteiger partial charge in [-0.25, -0.2) is 8.42 Å². The van der Waals surface area contributed by atoms with Crippen LogP contribution in [0, 0.1) is 5.92 Å². The van der Waals surface area contributed by atoms with Crippen molar-refractivity contribution in [3.63, 3.8) is 0 Å². The highest BCUT2D eigenvalue weighted by atomic mass is 79.9. The summed E-state index contributed by atoms with van der Waals surface area (Å²) in [5.41, 5.74) is 5.69. The van der Waals surface area contributed by atoms with Gasteiger partial charge in [0.15, 0.2) is 0 Å². The predicted molar refractivity (Wildman–Crippen MR) is 79.3 cm³/mol. The van der Waals surface area contributed by atoms with E-state index in [0.717, 1.165) is 12.8 Å². The van der Waals surface area contributed by atoms with Crippen molar-refractivity contribution >= 4 is 26.0 Å². The molecular formula is C13H19BrN2O2S. The van der Waals surface area contributed by atoms with Gasteiger partial charge < -0.3 is 5.73 Å². The Morgan fingerprint density at radius 1 is 1.37 bits per heavy atom. The summed E-state index contributed by atoms with van der Waals surface area (Å²) in [6, 6.07) is 6.97. The summed E-state index contributed by atoms with van der Waals surface area (Å²) < 4.78 is 27.7. The van der Waals surface area contributed by atoms with Crippen molar-refractivity contribution < 1.29 is 8.42 Å². The van der Waals surface area contributed by atoms with E-state index in [2.05, 4.69) is 15.9 Å². The predicted octanol–water partition coefficient (Wildman–Crippen LogP) is 2.20. The van der Waals surface area contributed by atoms with E-state index in [1.807, 2.05) is 13.0 Å². The van der Waals surface area contributed by atoms with Crippen LogP contribution in [0.1, 0.15) is 19.8 Å². The fourth-order valence-electron chi connectivity index (χ4n) is 2.45. The summed E-state index contributed by atoms with van der Waals surface area (Å²) in [5, 5.41) is 0. The number of sulfonamides is 1. The Bertz CT molecular complexity index is 547. The van der Waals surface area contributed by atoms with E-state index in [0.29, 0.717) is 22.5 Å². The van der Waals surface area contributed by atoms with E-state index in [4.69, 9.17) is 5.73 Å². The Kier molecular flexibility index (Phi) is 4.66. The normalized spacial score (nSPS) is 25.4. The fraction of sp³-hybridized carbons (Fsp3) is 0.538. The largest absolute Gasteiger partial charge is 0.330 e. The molecule has 0 aliphatic carbocycles. The first-order valence-electron chi connectivity index (χ1n) is 6.43. The lowest BCUT2D eigenvalue weighted by Crippen LogP contribution is -2.47. The van der Waals surface area contributed by atoms with Crippen molar-refractivity contribution in [2.45, 2.75) is 30.7 Å². The van der Waals surface area contributed by atoms with Gasteiger partial charge in [-0.05, 0) is 60.3 Å². The van der Waals surface area contributed by atoms with Crippen LogP contribution in [0.3, 0.4) is 0 Å². The van der Waals surface area contributed by atoms with Crippen LogP contribution in [-0.4, -0.2) is 31.9 Å². The average Bonchev–Trinajstić information content (AvgIpc) is 2.39. The minimum atomic E-state index is -3.45. The summed E-state index contributed by atoms with van der Waals surface area (Å²) in [7, 11) is -3.45.